The quantitative estimate of drug-likeness (QED) is 0.0455. The van der Waals surface area contributed by atoms with Gasteiger partial charge < -0.3 is 30.9 Å². The molecule has 60 heavy (non-hydrogen) atoms. The largest absolute Gasteiger partial charge is 0.480 e. The molecule has 0 heterocycles. The molecule has 0 spiro atoms. The summed E-state index contributed by atoms with van der Waals surface area (Å²) in [7, 11) is 1.32. The minimum Gasteiger partial charge on any atom is -0.480 e. The minimum absolute atomic E-state index is 0.132. The van der Waals surface area contributed by atoms with Crippen LogP contribution in [0.4, 0.5) is 10.5 Å². The van der Waals surface area contributed by atoms with Crippen LogP contribution in [0, 0.1) is 13.8 Å². The number of carboxylic acid groups (broad SMARTS) is 1. The first kappa shape index (κ1) is 47.0. The van der Waals surface area contributed by atoms with Gasteiger partial charge in [0.05, 0.1) is 11.9 Å². The van der Waals surface area contributed by atoms with E-state index in [0.717, 1.165) is 44.7 Å². The van der Waals surface area contributed by atoms with Gasteiger partial charge in [0.1, 0.15) is 17.7 Å². The molecule has 10 nitrogen and oxygen atoms in total. The lowest BCUT2D eigenvalue weighted by atomic mass is 9.84. The van der Waals surface area contributed by atoms with Crippen LogP contribution in [0.3, 0.4) is 0 Å². The number of ether oxygens (including phenoxy) is 2. The fourth-order valence-electron chi connectivity index (χ4n) is 6.59. The van der Waals surface area contributed by atoms with Crippen LogP contribution in [0.1, 0.15) is 65.4 Å². The number of rotatable bonds is 15. The van der Waals surface area contributed by atoms with E-state index >= 15 is 0 Å². The SMILES string of the molecule is CC(C)(C)OC(=O)N[C@@H](CSC(c1ccccc1)(c1ccccc1)c1ccccc1)C(=O)O.COC(=O)[C@H](CCSC)NC(=O)c1ccc(N)cc1-c1cc(C)cc(C)c1. The van der Waals surface area contributed by atoms with Crippen LogP contribution < -0.4 is 16.4 Å². The molecule has 316 valence electrons. The average Bonchev–Trinajstić information content (AvgIpc) is 3.22. The molecule has 0 saturated carbocycles. The molecule has 0 unspecified atom stereocenters. The number of alkyl carbamates (subject to hydrolysis) is 1. The zero-order valence-corrected chi connectivity index (χ0v) is 36.8. The van der Waals surface area contributed by atoms with Gasteiger partial charge in [0.2, 0.25) is 0 Å². The summed E-state index contributed by atoms with van der Waals surface area (Å²) in [5.74, 6) is -1.00. The van der Waals surface area contributed by atoms with Crippen molar-refractivity contribution >= 4 is 53.2 Å². The summed E-state index contributed by atoms with van der Waals surface area (Å²) < 4.78 is 9.44. The Balaban J connectivity index is 0.000000270. The van der Waals surface area contributed by atoms with Gasteiger partial charge in [-0.3, -0.25) is 4.79 Å². The number of carbonyl (C=O) groups is 4. The maximum atomic E-state index is 12.9. The van der Waals surface area contributed by atoms with Crippen LogP contribution in [0.25, 0.3) is 11.1 Å². The Morgan fingerprint density at radius 2 is 1.25 bits per heavy atom. The number of thioether (sulfide) groups is 2. The number of amides is 2. The Labute approximate surface area is 362 Å². The molecule has 0 radical (unpaired) electrons. The molecule has 2 atom stereocenters. The van der Waals surface area contributed by atoms with Gasteiger partial charge in [-0.15, -0.1) is 11.8 Å². The van der Waals surface area contributed by atoms with Crippen LogP contribution >= 0.6 is 23.5 Å². The van der Waals surface area contributed by atoms with Crippen LogP contribution in [-0.2, 0) is 23.8 Å². The summed E-state index contributed by atoms with van der Waals surface area (Å²) in [6.07, 6.45) is 1.71. The summed E-state index contributed by atoms with van der Waals surface area (Å²) in [4.78, 5) is 49.3. The van der Waals surface area contributed by atoms with Gasteiger partial charge >= 0.3 is 18.0 Å². The Kier molecular flexibility index (Phi) is 17.3. The van der Waals surface area contributed by atoms with Gasteiger partial charge in [0, 0.05) is 17.0 Å². The van der Waals surface area contributed by atoms with Gasteiger partial charge in [0.25, 0.3) is 5.91 Å². The Hall–Kier alpha value is -5.72. The molecule has 0 saturated heterocycles. The molecule has 5 aromatic carbocycles. The van der Waals surface area contributed by atoms with Gasteiger partial charge in [-0.2, -0.15) is 11.8 Å². The van der Waals surface area contributed by atoms with E-state index in [-0.39, 0.29) is 11.7 Å². The Bertz CT molecular complexity index is 2080. The highest BCUT2D eigenvalue weighted by molar-refractivity contribution is 8.00. The molecule has 0 aliphatic rings. The van der Waals surface area contributed by atoms with Crippen molar-refractivity contribution in [2.24, 2.45) is 0 Å². The maximum absolute atomic E-state index is 12.9. The lowest BCUT2D eigenvalue weighted by Gasteiger charge is -2.36. The first-order valence-electron chi connectivity index (χ1n) is 19.5. The van der Waals surface area contributed by atoms with E-state index in [0.29, 0.717) is 17.7 Å². The molecule has 0 aliphatic heterocycles. The van der Waals surface area contributed by atoms with Crippen LogP contribution in [-0.4, -0.2) is 71.6 Å². The van der Waals surface area contributed by atoms with Crippen molar-refractivity contribution in [2.75, 3.05) is 30.6 Å². The summed E-state index contributed by atoms with van der Waals surface area (Å²) in [5.41, 5.74) is 13.2. The van der Waals surface area contributed by atoms with E-state index < -0.39 is 40.5 Å². The number of esters is 1. The molecule has 0 aromatic heterocycles. The summed E-state index contributed by atoms with van der Waals surface area (Å²) in [5, 5.41) is 15.2. The number of nitrogen functional groups attached to an aromatic ring is 1. The van der Waals surface area contributed by atoms with Crippen molar-refractivity contribution in [1.82, 2.24) is 10.6 Å². The normalized spacial score (nSPS) is 12.2. The molecular formula is C48H55N3O7S2. The van der Waals surface area contributed by atoms with Gasteiger partial charge in [-0.1, -0.05) is 120 Å². The third-order valence-corrected chi connectivity index (χ3v) is 11.5. The number of benzene rings is 5. The molecule has 5 rings (SSSR count). The topological polar surface area (TPSA) is 157 Å². The lowest BCUT2D eigenvalue weighted by molar-refractivity contribution is -0.143. The number of carbonyl (C=O) groups excluding carboxylic acids is 3. The number of carboxylic acids is 1. The van der Waals surface area contributed by atoms with Crippen molar-refractivity contribution < 1.29 is 33.8 Å². The molecule has 0 bridgehead atoms. The monoisotopic (exact) mass is 849 g/mol. The van der Waals surface area contributed by atoms with Crippen molar-refractivity contribution in [2.45, 2.75) is 63.5 Å². The molecule has 0 fully saturated rings. The maximum Gasteiger partial charge on any atom is 0.408 e. The fourth-order valence-corrected chi connectivity index (χ4v) is 8.62. The number of nitrogens with two attached hydrogens (primary N) is 1. The molecule has 0 aliphatic carbocycles. The van der Waals surface area contributed by atoms with Gasteiger partial charge in [0.15, 0.2) is 0 Å². The predicted octanol–water partition coefficient (Wildman–Crippen LogP) is 9.27. The highest BCUT2D eigenvalue weighted by Gasteiger charge is 2.39. The molecular weight excluding hydrogens is 795 g/mol. The van der Waals surface area contributed by atoms with Crippen LogP contribution in [0.5, 0.6) is 0 Å². The average molecular weight is 850 g/mol. The summed E-state index contributed by atoms with van der Waals surface area (Å²) in [6.45, 7) is 9.24. The zero-order valence-electron chi connectivity index (χ0n) is 35.2. The van der Waals surface area contributed by atoms with Crippen molar-refractivity contribution in [3.8, 4) is 11.1 Å². The highest BCUT2D eigenvalue weighted by atomic mass is 32.2. The number of hydrogen-bond donors (Lipinski definition) is 4. The first-order chi connectivity index (χ1) is 28.6. The molecule has 5 N–H and O–H groups in total. The number of nitrogens with one attached hydrogen (secondary N) is 2. The van der Waals surface area contributed by atoms with Gasteiger partial charge in [-0.25, -0.2) is 14.4 Å². The van der Waals surface area contributed by atoms with Gasteiger partial charge in [-0.05, 0) is 99.1 Å². The van der Waals surface area contributed by atoms with Crippen molar-refractivity contribution in [1.29, 1.82) is 0 Å². The number of hydrogen-bond acceptors (Lipinski definition) is 9. The second-order valence-electron chi connectivity index (χ2n) is 15.1. The summed E-state index contributed by atoms with van der Waals surface area (Å²) in [6, 6.07) is 39.5. The van der Waals surface area contributed by atoms with E-state index in [1.54, 1.807) is 50.7 Å². The molecule has 5 aromatic rings. The molecule has 2 amide bonds. The van der Waals surface area contributed by atoms with E-state index in [1.165, 1.54) is 18.9 Å². The van der Waals surface area contributed by atoms with E-state index in [4.69, 9.17) is 15.2 Å². The van der Waals surface area contributed by atoms with Crippen molar-refractivity contribution in [3.63, 3.8) is 0 Å². The third-order valence-electron chi connectivity index (χ3n) is 9.22. The van der Waals surface area contributed by atoms with E-state index in [9.17, 15) is 24.3 Å². The second-order valence-corrected chi connectivity index (χ2v) is 17.4. The predicted molar refractivity (Wildman–Crippen MR) is 244 cm³/mol. The smallest absolute Gasteiger partial charge is 0.408 e. The highest BCUT2D eigenvalue weighted by Crippen LogP contribution is 2.48. The number of aryl methyl sites for hydroxylation is 2. The number of aliphatic carboxylic acids is 1. The van der Waals surface area contributed by atoms with Crippen molar-refractivity contribution in [3.05, 3.63) is 161 Å². The zero-order chi connectivity index (χ0) is 43.9. The lowest BCUT2D eigenvalue weighted by Crippen LogP contribution is -2.45. The van der Waals surface area contributed by atoms with Crippen LogP contribution in [0.15, 0.2) is 127 Å². The second kappa shape index (κ2) is 22.0. The van der Waals surface area contributed by atoms with Crippen LogP contribution in [0.2, 0.25) is 0 Å². The number of anilines is 1. The standard InChI is InChI=1S/C27H29NO4S.C21H26N2O3S/c1-26(2,3)32-25(31)28-23(24(29)30)19-33-27(20-13-7-4-8-14-20,21-15-9-5-10-16-21)22-17-11-6-12-18-22;1-13-9-14(2)11-15(10-13)18-12-16(22)5-6-17(18)20(24)23-19(7-8-27-4)21(25)26-3/h4-18,23H,19H2,1-3H3,(H,28,31)(H,29,30);5-6,9-12,19H,7-8,22H2,1-4H3,(H,23,24)/t23-;19-/m00/s1. The first-order valence-corrected chi connectivity index (χ1v) is 21.8. The minimum atomic E-state index is -1.12. The third kappa shape index (κ3) is 13.1. The fraction of sp³-hybridized carbons (Fsp3) is 0.292. The Morgan fingerprint density at radius 3 is 1.70 bits per heavy atom. The molecule has 12 heteroatoms. The number of methoxy groups -OCH3 is 1. The van der Waals surface area contributed by atoms with E-state index in [1.807, 2.05) is 123 Å². The summed E-state index contributed by atoms with van der Waals surface area (Å²) >= 11 is 3.08. The van der Waals surface area contributed by atoms with E-state index in [2.05, 4.69) is 16.7 Å². The Morgan fingerprint density at radius 1 is 0.733 bits per heavy atom.